The first-order chi connectivity index (χ1) is 7.27. The van der Waals surface area contributed by atoms with Gasteiger partial charge in [-0.15, -0.1) is 0 Å². The SMILES string of the molecule is NC1CCC(C(=O)N2CC[CH]CC2)OC1. The van der Waals surface area contributed by atoms with Crippen molar-refractivity contribution in [1.29, 1.82) is 0 Å². The number of rotatable bonds is 1. The van der Waals surface area contributed by atoms with Gasteiger partial charge in [-0.25, -0.2) is 0 Å². The van der Waals surface area contributed by atoms with E-state index in [0.29, 0.717) is 6.61 Å². The van der Waals surface area contributed by atoms with Crippen molar-refractivity contribution >= 4 is 5.91 Å². The van der Waals surface area contributed by atoms with Gasteiger partial charge in [0.25, 0.3) is 5.91 Å². The van der Waals surface area contributed by atoms with Crippen molar-refractivity contribution < 1.29 is 9.53 Å². The molecule has 2 aliphatic heterocycles. The molecule has 0 aliphatic carbocycles. The van der Waals surface area contributed by atoms with Crippen molar-refractivity contribution in [2.24, 2.45) is 5.73 Å². The summed E-state index contributed by atoms with van der Waals surface area (Å²) in [4.78, 5) is 13.9. The molecule has 2 unspecified atom stereocenters. The van der Waals surface area contributed by atoms with Gasteiger partial charge >= 0.3 is 0 Å². The first-order valence-electron chi connectivity index (χ1n) is 5.75. The lowest BCUT2D eigenvalue weighted by molar-refractivity contribution is -0.147. The van der Waals surface area contributed by atoms with Crippen molar-refractivity contribution in [3.63, 3.8) is 0 Å². The normalized spacial score (nSPS) is 32.7. The number of ether oxygens (including phenoxy) is 1. The molecular formula is C11H19N2O2. The number of carbonyl (C=O) groups is 1. The van der Waals surface area contributed by atoms with Crippen LogP contribution in [0.25, 0.3) is 0 Å². The molecule has 1 amide bonds. The van der Waals surface area contributed by atoms with Crippen molar-refractivity contribution in [3.8, 4) is 0 Å². The average Bonchev–Trinajstić information content (AvgIpc) is 2.30. The second-order valence-electron chi connectivity index (χ2n) is 4.35. The molecule has 4 nitrogen and oxygen atoms in total. The summed E-state index contributed by atoms with van der Waals surface area (Å²) >= 11 is 0. The fourth-order valence-corrected chi connectivity index (χ4v) is 2.14. The maximum Gasteiger partial charge on any atom is 0.251 e. The fraction of sp³-hybridized carbons (Fsp3) is 0.818. The Bertz CT molecular complexity index is 219. The molecule has 2 atom stereocenters. The third-order valence-corrected chi connectivity index (χ3v) is 3.10. The van der Waals surface area contributed by atoms with Crippen LogP contribution < -0.4 is 5.73 Å². The van der Waals surface area contributed by atoms with Crippen LogP contribution >= 0.6 is 0 Å². The van der Waals surface area contributed by atoms with E-state index in [9.17, 15) is 4.79 Å². The predicted molar refractivity (Wildman–Crippen MR) is 57.1 cm³/mol. The van der Waals surface area contributed by atoms with Crippen LogP contribution in [-0.2, 0) is 9.53 Å². The average molecular weight is 211 g/mol. The van der Waals surface area contributed by atoms with E-state index in [2.05, 4.69) is 6.42 Å². The lowest BCUT2D eigenvalue weighted by Gasteiger charge is -2.33. The number of nitrogens with zero attached hydrogens (tertiary/aromatic N) is 1. The molecule has 85 valence electrons. The predicted octanol–water partition coefficient (Wildman–Crippen LogP) is 0.319. The number of likely N-dealkylation sites (tertiary alicyclic amines) is 1. The number of carbonyl (C=O) groups excluding carboxylic acids is 1. The van der Waals surface area contributed by atoms with E-state index in [-0.39, 0.29) is 18.1 Å². The van der Waals surface area contributed by atoms with Crippen molar-refractivity contribution in [1.82, 2.24) is 4.90 Å². The molecule has 0 saturated carbocycles. The van der Waals surface area contributed by atoms with Gasteiger partial charge in [-0.1, -0.05) is 0 Å². The van der Waals surface area contributed by atoms with Crippen molar-refractivity contribution in [3.05, 3.63) is 6.42 Å². The maximum atomic E-state index is 12.0. The summed E-state index contributed by atoms with van der Waals surface area (Å²) in [6.45, 7) is 2.23. The minimum Gasteiger partial charge on any atom is -0.367 e. The summed E-state index contributed by atoms with van der Waals surface area (Å²) in [6, 6.07) is 0.115. The first kappa shape index (κ1) is 10.9. The zero-order valence-corrected chi connectivity index (χ0v) is 9.02. The van der Waals surface area contributed by atoms with Crippen LogP contribution in [0, 0.1) is 6.42 Å². The van der Waals surface area contributed by atoms with Crippen LogP contribution in [0.1, 0.15) is 25.7 Å². The third kappa shape index (κ3) is 2.69. The van der Waals surface area contributed by atoms with Crippen LogP contribution in [0.2, 0.25) is 0 Å². The second kappa shape index (κ2) is 4.94. The van der Waals surface area contributed by atoms with Crippen LogP contribution in [-0.4, -0.2) is 42.6 Å². The quantitative estimate of drug-likeness (QED) is 0.679. The summed E-state index contributed by atoms with van der Waals surface area (Å²) in [7, 11) is 0. The summed E-state index contributed by atoms with van der Waals surface area (Å²) in [6.07, 6.45) is 5.71. The van der Waals surface area contributed by atoms with Gasteiger partial charge in [-0.3, -0.25) is 4.79 Å². The van der Waals surface area contributed by atoms with Crippen LogP contribution in [0.15, 0.2) is 0 Å². The molecule has 0 aromatic carbocycles. The molecule has 0 spiro atoms. The van der Waals surface area contributed by atoms with E-state index in [4.69, 9.17) is 10.5 Å². The number of amides is 1. The van der Waals surface area contributed by atoms with Crippen LogP contribution in [0.5, 0.6) is 0 Å². The van der Waals surface area contributed by atoms with E-state index in [0.717, 1.165) is 38.8 Å². The number of hydrogen-bond donors (Lipinski definition) is 1. The van der Waals surface area contributed by atoms with Gasteiger partial charge in [0.1, 0.15) is 6.10 Å². The highest BCUT2D eigenvalue weighted by atomic mass is 16.5. The Labute approximate surface area is 90.8 Å². The molecule has 2 aliphatic rings. The molecule has 4 heteroatoms. The lowest BCUT2D eigenvalue weighted by Crippen LogP contribution is -2.47. The zero-order valence-electron chi connectivity index (χ0n) is 9.02. The van der Waals surface area contributed by atoms with E-state index in [1.165, 1.54) is 0 Å². The molecular weight excluding hydrogens is 192 g/mol. The highest BCUT2D eigenvalue weighted by molar-refractivity contribution is 5.81. The molecule has 0 bridgehead atoms. The molecule has 2 rings (SSSR count). The van der Waals surface area contributed by atoms with E-state index in [1.54, 1.807) is 0 Å². The largest absolute Gasteiger partial charge is 0.367 e. The van der Waals surface area contributed by atoms with Crippen molar-refractivity contribution in [2.45, 2.75) is 37.8 Å². The smallest absolute Gasteiger partial charge is 0.251 e. The van der Waals surface area contributed by atoms with Crippen LogP contribution in [0.4, 0.5) is 0 Å². The van der Waals surface area contributed by atoms with E-state index < -0.39 is 0 Å². The Balaban J connectivity index is 1.84. The van der Waals surface area contributed by atoms with E-state index >= 15 is 0 Å². The number of nitrogens with two attached hydrogens (primary N) is 1. The standard InChI is InChI=1S/C11H19N2O2/c12-9-4-5-10(15-8-9)11(14)13-6-2-1-3-7-13/h1,9-10H,2-8,12H2. The van der Waals surface area contributed by atoms with Gasteiger partial charge in [0.05, 0.1) is 6.61 Å². The first-order valence-corrected chi connectivity index (χ1v) is 5.75. The number of hydrogen-bond acceptors (Lipinski definition) is 3. The summed E-state index contributed by atoms with van der Waals surface area (Å²) in [5.74, 6) is 0.162. The van der Waals surface area contributed by atoms with Crippen molar-refractivity contribution in [2.75, 3.05) is 19.7 Å². The molecule has 2 N–H and O–H groups in total. The third-order valence-electron chi connectivity index (χ3n) is 3.10. The maximum absolute atomic E-state index is 12.0. The molecule has 2 heterocycles. The van der Waals surface area contributed by atoms with Gasteiger partial charge in [0.2, 0.25) is 0 Å². The number of piperidine rings is 1. The zero-order chi connectivity index (χ0) is 10.7. The van der Waals surface area contributed by atoms with E-state index in [1.807, 2.05) is 4.90 Å². The molecule has 0 aromatic heterocycles. The molecule has 2 saturated heterocycles. The Morgan fingerprint density at radius 2 is 2.07 bits per heavy atom. The topological polar surface area (TPSA) is 55.6 Å². The van der Waals surface area contributed by atoms with Gasteiger partial charge in [-0.2, -0.15) is 0 Å². The lowest BCUT2D eigenvalue weighted by atomic mass is 10.0. The molecule has 1 radical (unpaired) electrons. The molecule has 0 aromatic rings. The fourth-order valence-electron chi connectivity index (χ4n) is 2.14. The second-order valence-corrected chi connectivity index (χ2v) is 4.35. The Hall–Kier alpha value is -0.610. The minimum absolute atomic E-state index is 0.115. The highest BCUT2D eigenvalue weighted by Crippen LogP contribution is 2.17. The molecule has 2 fully saturated rings. The Morgan fingerprint density at radius 3 is 2.67 bits per heavy atom. The van der Waals surface area contributed by atoms with Crippen LogP contribution in [0.3, 0.4) is 0 Å². The summed E-state index contributed by atoms with van der Waals surface area (Å²) in [5.41, 5.74) is 5.72. The Kier molecular flexibility index (Phi) is 3.59. The minimum atomic E-state index is -0.233. The Morgan fingerprint density at radius 1 is 1.33 bits per heavy atom. The summed E-state index contributed by atoms with van der Waals surface area (Å²) < 4.78 is 5.48. The monoisotopic (exact) mass is 211 g/mol. The van der Waals surface area contributed by atoms with Gasteiger partial charge in [0.15, 0.2) is 0 Å². The van der Waals surface area contributed by atoms with Gasteiger partial charge < -0.3 is 15.4 Å². The van der Waals surface area contributed by atoms with Gasteiger partial charge in [0, 0.05) is 19.1 Å². The summed E-state index contributed by atoms with van der Waals surface area (Å²) in [5, 5.41) is 0. The highest BCUT2D eigenvalue weighted by Gasteiger charge is 2.29. The molecule has 15 heavy (non-hydrogen) atoms. The van der Waals surface area contributed by atoms with Gasteiger partial charge in [-0.05, 0) is 32.1 Å².